The van der Waals surface area contributed by atoms with Crippen LogP contribution in [0.2, 0.25) is 0 Å². The maximum absolute atomic E-state index is 8.70. The van der Waals surface area contributed by atoms with E-state index in [1.165, 1.54) is 0 Å². The molecule has 0 unspecified atom stereocenters. The summed E-state index contributed by atoms with van der Waals surface area (Å²) < 4.78 is 0. The summed E-state index contributed by atoms with van der Waals surface area (Å²) in [5.41, 5.74) is 0. The fourth-order valence-electron chi connectivity index (χ4n) is 0. The van der Waals surface area contributed by atoms with Crippen LogP contribution >= 0.6 is 0 Å². The molecule has 0 aromatic carbocycles. The number of carbonyl (C=O) groups is 2. The van der Waals surface area contributed by atoms with E-state index < -0.39 is 0 Å². The predicted octanol–water partition coefficient (Wildman–Crippen LogP) is -0.123. The van der Waals surface area contributed by atoms with Crippen LogP contribution in [-0.2, 0) is 61.7 Å². The molecule has 0 spiro atoms. The molecule has 12 heteroatoms. The van der Waals surface area contributed by atoms with Crippen molar-refractivity contribution in [2.24, 2.45) is 0 Å². The summed E-state index contributed by atoms with van der Waals surface area (Å²) in [5.74, 6) is 0. The molecule has 0 aliphatic carbocycles. The maximum Gasteiger partial charge on any atom is 0.373 e. The van der Waals surface area contributed by atoms with Crippen molar-refractivity contribution in [3.05, 3.63) is 0 Å². The Morgan fingerprint density at radius 1 is 0.750 bits per heavy atom. The Labute approximate surface area is 147 Å². The van der Waals surface area contributed by atoms with Crippen LogP contribution in [-0.4, -0.2) is 46.0 Å². The Morgan fingerprint density at radius 2 is 0.800 bits per heavy atom. The summed E-state index contributed by atoms with van der Waals surface area (Å²) in [5, 5.41) is 14.0. The Kier molecular flexibility index (Phi) is 1850. The van der Waals surface area contributed by atoms with Gasteiger partial charge in [0.2, 0.25) is 0 Å². The smallest absolute Gasteiger partial charge is 0.373 e. The van der Waals surface area contributed by atoms with E-state index in [1.807, 2.05) is 0 Å². The molecule has 0 atom stereocenters. The van der Waals surface area contributed by atoms with Crippen LogP contribution in [0.3, 0.4) is 0 Å². The van der Waals surface area contributed by atoms with Gasteiger partial charge in [0.15, 0.2) is 0 Å². The fraction of sp³-hybridized carbons (Fsp3) is 0.625. The van der Waals surface area contributed by atoms with Crippen molar-refractivity contribution in [2.45, 2.75) is 37.1 Å². The Morgan fingerprint density at radius 3 is 0.800 bits per heavy atom. The third kappa shape index (κ3) is 3030. The second kappa shape index (κ2) is 303. The summed E-state index contributed by atoms with van der Waals surface area (Å²) in [4.78, 5) is 39.4. The molecule has 0 aliphatic rings. The molecule has 8 N–H and O–H groups in total. The average molecular weight is 395 g/mol. The molecule has 0 heterocycles. The van der Waals surface area contributed by atoms with Crippen LogP contribution in [0.5, 0.6) is 0 Å². The van der Waals surface area contributed by atoms with Gasteiger partial charge in [-0.3, -0.25) is 9.59 Å². The number of rotatable bonds is 2. The monoisotopic (exact) mass is 395 g/mol. The molecule has 0 amide bonds. The van der Waals surface area contributed by atoms with E-state index in [-0.39, 0.29) is 108 Å². The van der Waals surface area contributed by atoms with E-state index in [0.29, 0.717) is 0 Å². The normalized spacial score (nSPS) is 2.50. The van der Waals surface area contributed by atoms with E-state index in [2.05, 4.69) is 9.78 Å². The molecule has 0 aliphatic heterocycles. The Bertz CT molecular complexity index is 119. The Hall–Kier alpha value is -0.776. The van der Waals surface area contributed by atoms with Crippen LogP contribution in [0.25, 0.3) is 0 Å². The van der Waals surface area contributed by atoms with Crippen molar-refractivity contribution in [1.82, 2.24) is 0 Å². The number of hydrogen-bond donors (Lipinski definition) is 2. The van der Waals surface area contributed by atoms with E-state index in [0.717, 1.165) is 0 Å². The van der Waals surface area contributed by atoms with Gasteiger partial charge in [0.1, 0.15) is 0 Å². The third-order valence-corrected chi connectivity index (χ3v) is 0.0861. The largest absolute Gasteiger partial charge is 0.412 e. The first-order chi connectivity index (χ1) is 5.24. The first-order valence-electron chi connectivity index (χ1n) is 1.72. The molecule has 0 fully saturated rings. The number of hydrogen-bond acceptors (Lipinski definition) is 8. The molecule has 0 bridgehead atoms. The van der Waals surface area contributed by atoms with Crippen molar-refractivity contribution in [1.29, 1.82) is 0 Å². The SMILES string of the molecule is C.C.C.C.C.O.O.O.O=C=O.O=COO.O=COO.[HH].[HH].[Y]. The van der Waals surface area contributed by atoms with Crippen LogP contribution < -0.4 is 0 Å². The van der Waals surface area contributed by atoms with Crippen molar-refractivity contribution >= 4 is 19.1 Å². The summed E-state index contributed by atoms with van der Waals surface area (Å²) in [6.07, 6.45) is 0.250. The van der Waals surface area contributed by atoms with E-state index >= 15 is 0 Å². The van der Waals surface area contributed by atoms with Gasteiger partial charge in [-0.25, -0.2) is 10.5 Å². The topological polar surface area (TPSA) is 222 Å². The van der Waals surface area contributed by atoms with E-state index in [1.54, 1.807) is 0 Å². The summed E-state index contributed by atoms with van der Waals surface area (Å²) >= 11 is 0. The zero-order chi connectivity index (χ0) is 9.54. The molecule has 0 aromatic rings. The van der Waals surface area contributed by atoms with Gasteiger partial charge in [-0.15, -0.1) is 0 Å². The van der Waals surface area contributed by atoms with Crippen LogP contribution in [0.15, 0.2) is 0 Å². The second-order valence-corrected chi connectivity index (χ2v) is 0.487. The van der Waals surface area contributed by atoms with Gasteiger partial charge in [0, 0.05) is 35.6 Å². The standard InChI is InChI=1S/2CH2O3.CO2.5CH4.3H2O.Y.2H2/c2*2-1-4-3;2-1-3;;;;;;;;;;;/h2*1,3H;;5*1H4;3*1H2;;2*1H. The summed E-state index contributed by atoms with van der Waals surface area (Å²) in [7, 11) is 0. The predicted molar refractivity (Wildman–Crippen MR) is 73.3 cm³/mol. The van der Waals surface area contributed by atoms with Crippen molar-refractivity contribution in [2.75, 3.05) is 0 Å². The molecular formula is C8H34O11Y. The Balaban J connectivity index is -0.00000000292. The van der Waals surface area contributed by atoms with Gasteiger partial charge in [-0.05, 0) is 0 Å². The molecule has 0 aromatic heterocycles. The zero-order valence-corrected chi connectivity index (χ0v) is 9.91. The zero-order valence-electron chi connectivity index (χ0n) is 7.08. The molecule has 0 saturated heterocycles. The van der Waals surface area contributed by atoms with Gasteiger partial charge in [-0.2, -0.15) is 9.59 Å². The summed E-state index contributed by atoms with van der Waals surface area (Å²) in [6.45, 7) is -0.139. The quantitative estimate of drug-likeness (QED) is 0.363. The van der Waals surface area contributed by atoms with Gasteiger partial charge in [-0.1, -0.05) is 37.1 Å². The molecule has 0 saturated carbocycles. The van der Waals surface area contributed by atoms with Gasteiger partial charge < -0.3 is 26.2 Å². The van der Waals surface area contributed by atoms with Gasteiger partial charge >= 0.3 is 19.1 Å². The fourth-order valence-corrected chi connectivity index (χ4v) is 0. The molecule has 135 valence electrons. The van der Waals surface area contributed by atoms with E-state index in [9.17, 15) is 0 Å². The molecule has 11 nitrogen and oxygen atoms in total. The van der Waals surface area contributed by atoms with Crippen LogP contribution in [0, 0.1) is 0 Å². The molecule has 20 heavy (non-hydrogen) atoms. The second-order valence-electron chi connectivity index (χ2n) is 0.487. The summed E-state index contributed by atoms with van der Waals surface area (Å²) in [6, 6.07) is 0. The minimum atomic E-state index is -0.0694. The minimum Gasteiger partial charge on any atom is -0.412 e. The first-order valence-corrected chi connectivity index (χ1v) is 1.72. The van der Waals surface area contributed by atoms with Gasteiger partial charge in [0.05, 0.1) is 0 Å². The number of carbonyl (C=O) groups excluding carboxylic acids is 4. The average Bonchev–Trinajstić information content (AvgIpc) is 2.06. The van der Waals surface area contributed by atoms with Crippen LogP contribution in [0.4, 0.5) is 0 Å². The van der Waals surface area contributed by atoms with Gasteiger partial charge in [0.25, 0.3) is 0 Å². The molecule has 1 radical (unpaired) electrons. The molecular weight excluding hydrogens is 361 g/mol. The maximum atomic E-state index is 8.70. The van der Waals surface area contributed by atoms with Crippen molar-refractivity contribution in [3.63, 3.8) is 0 Å². The third-order valence-electron chi connectivity index (χ3n) is 0.0861. The molecule has 0 rings (SSSR count). The van der Waals surface area contributed by atoms with Crippen molar-refractivity contribution in [3.8, 4) is 0 Å². The van der Waals surface area contributed by atoms with Crippen molar-refractivity contribution < 1.29 is 91.5 Å². The first kappa shape index (κ1) is 122. The minimum absolute atomic E-state index is 0. The van der Waals surface area contributed by atoms with E-state index in [4.69, 9.17) is 29.7 Å². The van der Waals surface area contributed by atoms with Crippen LogP contribution in [0.1, 0.15) is 40.0 Å².